The number of benzene rings is 10. The highest BCUT2D eigenvalue weighted by molar-refractivity contribution is 5.87. The fourth-order valence-corrected chi connectivity index (χ4v) is 12.4. The minimum absolute atomic E-state index is 0.323. The fraction of sp³-hybridized carbons (Fsp3) is 0.0625. The Hall–Kier alpha value is -8.16. The largest absolute Gasteiger partial charge is 0.457 e. The summed E-state index contributed by atoms with van der Waals surface area (Å²) >= 11 is 0. The van der Waals surface area contributed by atoms with E-state index in [2.05, 4.69) is 0 Å². The van der Waals surface area contributed by atoms with E-state index < -0.39 is 22.4 Å². The lowest BCUT2D eigenvalue weighted by molar-refractivity contribution is 0.119. The molecule has 0 aliphatic heterocycles. The molecule has 4 N–H and O–H groups in total. The van der Waals surface area contributed by atoms with Crippen molar-refractivity contribution in [2.45, 2.75) is 22.4 Å². The number of hydrogen-bond acceptors (Lipinski definition) is 5. The predicted molar refractivity (Wildman–Crippen MR) is 269 cm³/mol. The van der Waals surface area contributed by atoms with Crippen LogP contribution in [0.5, 0.6) is 11.5 Å². The van der Waals surface area contributed by atoms with Gasteiger partial charge in [-0.1, -0.05) is 206 Å². The molecule has 69 heavy (non-hydrogen) atoms. The van der Waals surface area contributed by atoms with Gasteiger partial charge in [-0.2, -0.15) is 0 Å². The molecule has 0 atom stereocenters. The normalized spacial score (nSPS) is 16.0. The van der Waals surface area contributed by atoms with Crippen molar-refractivity contribution in [2.24, 2.45) is 0 Å². The van der Waals surface area contributed by atoms with Gasteiger partial charge in [-0.25, -0.2) is 0 Å². The van der Waals surface area contributed by atoms with Crippen molar-refractivity contribution in [1.82, 2.24) is 0 Å². The van der Waals surface area contributed by atoms with Crippen LogP contribution in [0, 0.1) is 0 Å². The van der Waals surface area contributed by atoms with E-state index in [1.54, 1.807) is 0 Å². The van der Waals surface area contributed by atoms with Gasteiger partial charge in [-0.05, 0) is 79.9 Å². The Balaban J connectivity index is 1.03. The molecule has 0 aromatic heterocycles. The summed E-state index contributed by atoms with van der Waals surface area (Å²) < 4.78 is 7.35. The van der Waals surface area contributed by atoms with Crippen molar-refractivity contribution in [1.29, 1.82) is 0 Å². The van der Waals surface area contributed by atoms with Crippen molar-refractivity contribution in [2.75, 3.05) is 0 Å². The minimum atomic E-state index is -1.75. The Bertz CT molecular complexity index is 3380. The first-order valence-electron chi connectivity index (χ1n) is 23.4. The summed E-state index contributed by atoms with van der Waals surface area (Å²) in [5, 5.41) is 54.3. The topological polar surface area (TPSA) is 90.2 Å². The van der Waals surface area contributed by atoms with Gasteiger partial charge in [0.2, 0.25) is 0 Å². The molecule has 0 bridgehead atoms. The van der Waals surface area contributed by atoms with Gasteiger partial charge in [0.25, 0.3) is 0 Å². The average Bonchev–Trinajstić information content (AvgIpc) is 4.04. The summed E-state index contributed by atoms with van der Waals surface area (Å²) in [5.74, 6) is 0.645. The molecule has 10 aromatic carbocycles. The molecule has 0 unspecified atom stereocenters. The molecule has 0 radical (unpaired) electrons. The molecule has 0 saturated carbocycles. The molecule has 0 heterocycles. The molecule has 0 amide bonds. The second-order valence-corrected chi connectivity index (χ2v) is 18.7. The molecular weight excluding hydrogens is 849 g/mol. The lowest BCUT2D eigenvalue weighted by Gasteiger charge is -2.34. The Morgan fingerprint density at radius 1 is 0.217 bits per heavy atom. The smallest absolute Gasteiger partial charge is 0.145 e. The van der Waals surface area contributed by atoms with E-state index in [4.69, 9.17) is 4.74 Å². The number of aliphatic hydroxyl groups is 4. The van der Waals surface area contributed by atoms with Crippen LogP contribution in [-0.2, 0) is 22.4 Å². The van der Waals surface area contributed by atoms with Gasteiger partial charge >= 0.3 is 0 Å². The van der Waals surface area contributed by atoms with Crippen molar-refractivity contribution < 1.29 is 25.2 Å². The number of ether oxygens (including phenoxy) is 1. The SMILES string of the molecule is OC1(c2ccc(Oc3ccc(C4(O)c5ccccc5-c5ccccc54)cc3C3(O)c4ccccc4-c4ccccc43)c(C3(O)c4ccccc4-c4ccccc43)c2)c2ccccc2-c2ccccc21. The van der Waals surface area contributed by atoms with Crippen LogP contribution < -0.4 is 4.74 Å². The first-order chi connectivity index (χ1) is 33.7. The Kier molecular flexibility index (Phi) is 8.22. The summed E-state index contributed by atoms with van der Waals surface area (Å²) in [6.45, 7) is 0. The van der Waals surface area contributed by atoms with E-state index in [1.807, 2.05) is 231 Å². The first-order valence-corrected chi connectivity index (χ1v) is 23.4. The molecular formula is C64H42O5. The Labute approximate surface area is 399 Å². The lowest BCUT2D eigenvalue weighted by Crippen LogP contribution is -2.31. The van der Waals surface area contributed by atoms with Crippen LogP contribution >= 0.6 is 0 Å². The second kappa shape index (κ2) is 14.2. The first kappa shape index (κ1) is 40.0. The van der Waals surface area contributed by atoms with Crippen LogP contribution in [0.2, 0.25) is 0 Å². The molecule has 10 aromatic rings. The highest BCUT2D eigenvalue weighted by Gasteiger charge is 2.51. The third kappa shape index (κ3) is 5.11. The molecule has 328 valence electrons. The maximum Gasteiger partial charge on any atom is 0.145 e. The fourth-order valence-electron chi connectivity index (χ4n) is 12.4. The third-order valence-electron chi connectivity index (χ3n) is 15.5. The zero-order valence-corrected chi connectivity index (χ0v) is 37.1. The quantitative estimate of drug-likeness (QED) is 0.134. The van der Waals surface area contributed by atoms with E-state index in [0.717, 1.165) is 66.8 Å². The maximum atomic E-state index is 13.8. The molecule has 5 heteroatoms. The minimum Gasteiger partial charge on any atom is -0.457 e. The van der Waals surface area contributed by atoms with Gasteiger partial charge < -0.3 is 25.2 Å². The van der Waals surface area contributed by atoms with Gasteiger partial charge in [-0.3, -0.25) is 0 Å². The maximum absolute atomic E-state index is 13.8. The highest BCUT2D eigenvalue weighted by Crippen LogP contribution is 2.59. The van der Waals surface area contributed by atoms with Gasteiger partial charge in [0, 0.05) is 55.6 Å². The van der Waals surface area contributed by atoms with Gasteiger partial charge in [0.05, 0.1) is 0 Å². The Morgan fingerprint density at radius 2 is 0.420 bits per heavy atom. The van der Waals surface area contributed by atoms with Gasteiger partial charge in [-0.15, -0.1) is 0 Å². The monoisotopic (exact) mass is 890 g/mol. The zero-order chi connectivity index (χ0) is 46.3. The highest BCUT2D eigenvalue weighted by atomic mass is 16.5. The van der Waals surface area contributed by atoms with E-state index in [0.29, 0.717) is 56.0 Å². The van der Waals surface area contributed by atoms with Gasteiger partial charge in [0.15, 0.2) is 0 Å². The van der Waals surface area contributed by atoms with Crippen molar-refractivity contribution in [3.63, 3.8) is 0 Å². The van der Waals surface area contributed by atoms with Crippen LogP contribution in [0.25, 0.3) is 44.5 Å². The van der Waals surface area contributed by atoms with Gasteiger partial charge in [0.1, 0.15) is 33.9 Å². The molecule has 0 saturated heterocycles. The predicted octanol–water partition coefficient (Wildman–Crippen LogP) is 12.5. The van der Waals surface area contributed by atoms with Crippen LogP contribution in [-0.4, -0.2) is 20.4 Å². The molecule has 5 nitrogen and oxygen atoms in total. The average molecular weight is 891 g/mol. The number of rotatable bonds is 6. The number of hydrogen-bond donors (Lipinski definition) is 4. The van der Waals surface area contributed by atoms with Crippen molar-refractivity contribution >= 4 is 0 Å². The third-order valence-corrected chi connectivity index (χ3v) is 15.5. The summed E-state index contributed by atoms with van der Waals surface area (Å²) in [6.07, 6.45) is 0. The lowest BCUT2D eigenvalue weighted by atomic mass is 9.78. The van der Waals surface area contributed by atoms with E-state index in [1.165, 1.54) is 0 Å². The van der Waals surface area contributed by atoms with E-state index >= 15 is 0 Å². The number of fused-ring (bicyclic) bond motifs is 12. The molecule has 4 aliphatic carbocycles. The second-order valence-electron chi connectivity index (χ2n) is 18.7. The summed E-state index contributed by atoms with van der Waals surface area (Å²) in [7, 11) is 0. The van der Waals surface area contributed by atoms with Crippen molar-refractivity contribution in [3.05, 3.63) is 297 Å². The Morgan fingerprint density at radius 3 is 0.652 bits per heavy atom. The van der Waals surface area contributed by atoms with Crippen LogP contribution in [0.4, 0.5) is 0 Å². The van der Waals surface area contributed by atoms with E-state index in [-0.39, 0.29) is 0 Å². The van der Waals surface area contributed by atoms with Crippen LogP contribution in [0.15, 0.2) is 231 Å². The van der Waals surface area contributed by atoms with E-state index in [9.17, 15) is 20.4 Å². The summed E-state index contributed by atoms with van der Waals surface area (Å²) in [6, 6.07) is 74.5. The van der Waals surface area contributed by atoms with Crippen LogP contribution in [0.1, 0.15) is 66.8 Å². The standard InChI is InChI=1S/C64H42O5/c65-61(49-25-9-1-17-41(49)42-18-2-10-26-50(42)61)39-33-35-59(57(37-39)63(67)53-29-13-5-21-45(53)46-22-6-14-30-54(46)63)69-60-36-34-40(62(66)51-27-11-3-19-43(51)44-20-4-12-28-52(44)62)38-58(60)64(68)55-31-15-7-23-47(55)48-24-8-16-32-56(48)64/h1-38,65-68H. The summed E-state index contributed by atoms with van der Waals surface area (Å²) in [4.78, 5) is 0. The summed E-state index contributed by atoms with van der Waals surface area (Å²) in [5.41, 5.74) is 8.37. The van der Waals surface area contributed by atoms with Crippen molar-refractivity contribution in [3.8, 4) is 56.0 Å². The molecule has 14 rings (SSSR count). The van der Waals surface area contributed by atoms with Crippen LogP contribution in [0.3, 0.4) is 0 Å². The molecule has 0 spiro atoms. The zero-order valence-electron chi connectivity index (χ0n) is 37.1. The molecule has 0 fully saturated rings. The molecule has 4 aliphatic rings.